The van der Waals surface area contributed by atoms with E-state index in [1.165, 1.54) is 16.7 Å². The zero-order valence-corrected chi connectivity index (χ0v) is 9.91. The van der Waals surface area contributed by atoms with Gasteiger partial charge in [0, 0.05) is 0 Å². The van der Waals surface area contributed by atoms with Gasteiger partial charge < -0.3 is 5.11 Å². The van der Waals surface area contributed by atoms with Crippen molar-refractivity contribution in [2.24, 2.45) is 0 Å². The van der Waals surface area contributed by atoms with E-state index in [0.29, 0.717) is 5.75 Å². The second-order valence-electron chi connectivity index (χ2n) is 4.32. The SMILES string of the molecule is Cc1cc(O)cc(-c2c(C)cccc2C)c1. The molecule has 0 aliphatic carbocycles. The van der Waals surface area contributed by atoms with Gasteiger partial charge in [0.1, 0.15) is 5.75 Å². The number of hydrogen-bond donors (Lipinski definition) is 1. The second kappa shape index (κ2) is 4.01. The zero-order valence-electron chi connectivity index (χ0n) is 9.91. The van der Waals surface area contributed by atoms with Gasteiger partial charge in [-0.05, 0) is 60.7 Å². The van der Waals surface area contributed by atoms with Crippen molar-refractivity contribution >= 4 is 0 Å². The number of benzene rings is 2. The molecule has 0 bridgehead atoms. The highest BCUT2D eigenvalue weighted by Gasteiger charge is 2.06. The minimum absolute atomic E-state index is 0.331. The average molecular weight is 212 g/mol. The predicted molar refractivity (Wildman–Crippen MR) is 67.8 cm³/mol. The van der Waals surface area contributed by atoms with Crippen LogP contribution in [-0.4, -0.2) is 5.11 Å². The first-order valence-electron chi connectivity index (χ1n) is 5.45. The molecule has 0 unspecified atom stereocenters. The zero-order chi connectivity index (χ0) is 11.7. The van der Waals surface area contributed by atoms with Crippen LogP contribution in [0.3, 0.4) is 0 Å². The molecule has 0 fully saturated rings. The molecule has 2 aromatic rings. The van der Waals surface area contributed by atoms with E-state index in [9.17, 15) is 5.11 Å². The van der Waals surface area contributed by atoms with E-state index in [1.54, 1.807) is 6.07 Å². The lowest BCUT2D eigenvalue weighted by Crippen LogP contribution is -1.88. The molecule has 1 N–H and O–H groups in total. The fraction of sp³-hybridized carbons (Fsp3) is 0.200. The van der Waals surface area contributed by atoms with Gasteiger partial charge >= 0.3 is 0 Å². The van der Waals surface area contributed by atoms with Crippen molar-refractivity contribution in [1.29, 1.82) is 0 Å². The quantitative estimate of drug-likeness (QED) is 0.758. The standard InChI is InChI=1S/C15H16O/c1-10-7-13(9-14(16)8-10)15-11(2)5-4-6-12(15)3/h4-9,16H,1-3H3. The van der Waals surface area contributed by atoms with Crippen molar-refractivity contribution in [3.63, 3.8) is 0 Å². The van der Waals surface area contributed by atoms with Crippen molar-refractivity contribution in [2.45, 2.75) is 20.8 Å². The maximum atomic E-state index is 9.64. The molecule has 16 heavy (non-hydrogen) atoms. The fourth-order valence-corrected chi connectivity index (χ4v) is 2.18. The first-order valence-corrected chi connectivity index (χ1v) is 5.45. The summed E-state index contributed by atoms with van der Waals surface area (Å²) in [6.45, 7) is 6.19. The van der Waals surface area contributed by atoms with Crippen LogP contribution in [0.15, 0.2) is 36.4 Å². The highest BCUT2D eigenvalue weighted by molar-refractivity contribution is 5.72. The van der Waals surface area contributed by atoms with Gasteiger partial charge in [0.2, 0.25) is 0 Å². The van der Waals surface area contributed by atoms with Crippen LogP contribution in [0.1, 0.15) is 16.7 Å². The Bertz CT molecular complexity index is 486. The Morgan fingerprint density at radius 3 is 2.06 bits per heavy atom. The average Bonchev–Trinajstić information content (AvgIpc) is 2.15. The third-order valence-electron chi connectivity index (χ3n) is 2.83. The lowest BCUT2D eigenvalue weighted by atomic mass is 9.95. The first-order chi connectivity index (χ1) is 7.58. The van der Waals surface area contributed by atoms with Crippen LogP contribution < -0.4 is 0 Å². The fourth-order valence-electron chi connectivity index (χ4n) is 2.18. The number of phenolic OH excluding ortho intramolecular Hbond substituents is 1. The molecule has 0 aromatic heterocycles. The number of phenols is 1. The topological polar surface area (TPSA) is 20.2 Å². The van der Waals surface area contributed by atoms with E-state index in [0.717, 1.165) is 11.1 Å². The maximum Gasteiger partial charge on any atom is 0.116 e. The van der Waals surface area contributed by atoms with Crippen LogP contribution in [0, 0.1) is 20.8 Å². The van der Waals surface area contributed by atoms with E-state index in [2.05, 4.69) is 38.1 Å². The summed E-state index contributed by atoms with van der Waals surface area (Å²) in [6.07, 6.45) is 0. The molecular formula is C15H16O. The lowest BCUT2D eigenvalue weighted by Gasteiger charge is -2.11. The molecular weight excluding hydrogens is 196 g/mol. The highest BCUT2D eigenvalue weighted by Crippen LogP contribution is 2.30. The number of aryl methyl sites for hydroxylation is 3. The van der Waals surface area contributed by atoms with Crippen LogP contribution in [0.25, 0.3) is 11.1 Å². The Kier molecular flexibility index (Phi) is 2.69. The Morgan fingerprint density at radius 1 is 0.875 bits per heavy atom. The van der Waals surface area contributed by atoms with Gasteiger partial charge in [-0.1, -0.05) is 24.3 Å². The summed E-state index contributed by atoms with van der Waals surface area (Å²) >= 11 is 0. The van der Waals surface area contributed by atoms with E-state index >= 15 is 0 Å². The number of rotatable bonds is 1. The van der Waals surface area contributed by atoms with Gasteiger partial charge in [0.05, 0.1) is 0 Å². The lowest BCUT2D eigenvalue weighted by molar-refractivity contribution is 0.475. The molecule has 0 aliphatic rings. The van der Waals surface area contributed by atoms with Gasteiger partial charge in [-0.25, -0.2) is 0 Å². The molecule has 82 valence electrons. The minimum Gasteiger partial charge on any atom is -0.508 e. The molecule has 1 nitrogen and oxygen atoms in total. The molecule has 0 atom stereocenters. The largest absolute Gasteiger partial charge is 0.508 e. The molecule has 2 rings (SSSR count). The van der Waals surface area contributed by atoms with Crippen LogP contribution in [0.5, 0.6) is 5.75 Å². The van der Waals surface area contributed by atoms with Crippen molar-refractivity contribution in [1.82, 2.24) is 0 Å². The van der Waals surface area contributed by atoms with Crippen molar-refractivity contribution in [3.8, 4) is 16.9 Å². The molecule has 0 saturated carbocycles. The van der Waals surface area contributed by atoms with Gasteiger partial charge in [-0.2, -0.15) is 0 Å². The Hall–Kier alpha value is -1.76. The normalized spacial score (nSPS) is 10.4. The maximum absolute atomic E-state index is 9.64. The summed E-state index contributed by atoms with van der Waals surface area (Å²) in [7, 11) is 0. The molecule has 0 radical (unpaired) electrons. The van der Waals surface area contributed by atoms with Crippen LogP contribution in [0.4, 0.5) is 0 Å². The summed E-state index contributed by atoms with van der Waals surface area (Å²) in [5.41, 5.74) is 5.88. The molecule has 2 aromatic carbocycles. The summed E-state index contributed by atoms with van der Waals surface area (Å²) in [4.78, 5) is 0. The van der Waals surface area contributed by atoms with Gasteiger partial charge in [0.25, 0.3) is 0 Å². The Morgan fingerprint density at radius 2 is 1.50 bits per heavy atom. The molecule has 0 saturated heterocycles. The minimum atomic E-state index is 0.331. The van der Waals surface area contributed by atoms with Crippen molar-refractivity contribution in [3.05, 3.63) is 53.1 Å². The molecule has 0 heterocycles. The second-order valence-corrected chi connectivity index (χ2v) is 4.32. The van der Waals surface area contributed by atoms with Crippen molar-refractivity contribution in [2.75, 3.05) is 0 Å². The van der Waals surface area contributed by atoms with Gasteiger partial charge in [0.15, 0.2) is 0 Å². The third-order valence-corrected chi connectivity index (χ3v) is 2.83. The predicted octanol–water partition coefficient (Wildman–Crippen LogP) is 3.98. The van der Waals surface area contributed by atoms with E-state index in [1.807, 2.05) is 13.0 Å². The first kappa shape index (κ1) is 10.7. The summed E-state index contributed by atoms with van der Waals surface area (Å²) in [5, 5.41) is 9.64. The molecule has 0 spiro atoms. The summed E-state index contributed by atoms with van der Waals surface area (Å²) < 4.78 is 0. The van der Waals surface area contributed by atoms with Crippen molar-refractivity contribution < 1.29 is 5.11 Å². The van der Waals surface area contributed by atoms with E-state index in [-0.39, 0.29) is 0 Å². The molecule has 0 aliphatic heterocycles. The number of hydrogen-bond acceptors (Lipinski definition) is 1. The smallest absolute Gasteiger partial charge is 0.116 e. The highest BCUT2D eigenvalue weighted by atomic mass is 16.3. The monoisotopic (exact) mass is 212 g/mol. The number of aromatic hydroxyl groups is 1. The summed E-state index contributed by atoms with van der Waals surface area (Å²) in [5.74, 6) is 0.331. The van der Waals surface area contributed by atoms with E-state index in [4.69, 9.17) is 0 Å². The Labute approximate surface area is 96.4 Å². The third kappa shape index (κ3) is 1.94. The van der Waals surface area contributed by atoms with Gasteiger partial charge in [-0.15, -0.1) is 0 Å². The molecule has 0 amide bonds. The molecule has 1 heteroatoms. The van der Waals surface area contributed by atoms with Gasteiger partial charge in [-0.3, -0.25) is 0 Å². The van der Waals surface area contributed by atoms with Crippen LogP contribution >= 0.6 is 0 Å². The van der Waals surface area contributed by atoms with E-state index < -0.39 is 0 Å². The summed E-state index contributed by atoms with van der Waals surface area (Å²) in [6, 6.07) is 12.0. The Balaban J connectivity index is 2.67. The van der Waals surface area contributed by atoms with Crippen LogP contribution in [0.2, 0.25) is 0 Å². The van der Waals surface area contributed by atoms with Crippen LogP contribution in [-0.2, 0) is 0 Å².